The SMILES string of the molecule is N#CCCCCCCCC1OC1CCCCCCCC#N. The van der Waals surface area contributed by atoms with Gasteiger partial charge >= 0.3 is 0 Å². The van der Waals surface area contributed by atoms with Gasteiger partial charge in [-0.15, -0.1) is 0 Å². The molecule has 3 nitrogen and oxygen atoms in total. The predicted molar refractivity (Wildman–Crippen MR) is 84.5 cm³/mol. The van der Waals surface area contributed by atoms with Crippen molar-refractivity contribution in [2.24, 2.45) is 0 Å². The first kappa shape index (κ1) is 18.0. The minimum Gasteiger partial charge on any atom is -0.370 e. The Kier molecular flexibility index (Phi) is 10.8. The largest absolute Gasteiger partial charge is 0.370 e. The molecule has 0 aromatic heterocycles. The molecule has 0 aliphatic carbocycles. The summed E-state index contributed by atoms with van der Waals surface area (Å²) >= 11 is 0. The molecule has 0 bridgehead atoms. The molecule has 118 valence electrons. The summed E-state index contributed by atoms with van der Waals surface area (Å²) < 4.78 is 5.72. The van der Waals surface area contributed by atoms with Gasteiger partial charge in [0, 0.05) is 12.8 Å². The molecule has 1 rings (SSSR count). The highest BCUT2D eigenvalue weighted by atomic mass is 16.6. The molecule has 0 spiro atoms. The first-order chi connectivity index (χ1) is 10.4. The summed E-state index contributed by atoms with van der Waals surface area (Å²) in [7, 11) is 0. The lowest BCUT2D eigenvalue weighted by Gasteiger charge is -1.99. The molecule has 21 heavy (non-hydrogen) atoms. The van der Waals surface area contributed by atoms with Gasteiger partial charge in [-0.05, 0) is 25.7 Å². The molecule has 0 amide bonds. The van der Waals surface area contributed by atoms with Crippen molar-refractivity contribution in [3.05, 3.63) is 0 Å². The first-order valence-corrected chi connectivity index (χ1v) is 8.78. The van der Waals surface area contributed by atoms with E-state index in [-0.39, 0.29) is 0 Å². The molecule has 1 aliphatic heterocycles. The third kappa shape index (κ3) is 10.3. The van der Waals surface area contributed by atoms with Crippen LogP contribution in [0.15, 0.2) is 0 Å². The Labute approximate surface area is 130 Å². The standard InChI is InChI=1S/C18H30N2O/c19-15-11-7-3-1-5-9-13-17-18(21-17)14-10-6-2-4-8-12-16-20/h17-18H,1-14H2. The van der Waals surface area contributed by atoms with Crippen LogP contribution in [-0.2, 0) is 4.74 Å². The summed E-state index contributed by atoms with van der Waals surface area (Å²) in [6, 6.07) is 4.39. The molecular formula is C18H30N2O. The van der Waals surface area contributed by atoms with Crippen molar-refractivity contribution < 1.29 is 4.74 Å². The van der Waals surface area contributed by atoms with E-state index >= 15 is 0 Å². The smallest absolute Gasteiger partial charge is 0.0841 e. The molecule has 0 aromatic carbocycles. The van der Waals surface area contributed by atoms with Crippen LogP contribution in [0.2, 0.25) is 0 Å². The van der Waals surface area contributed by atoms with Gasteiger partial charge in [0.15, 0.2) is 0 Å². The number of hydrogen-bond donors (Lipinski definition) is 0. The molecule has 3 heteroatoms. The van der Waals surface area contributed by atoms with Crippen molar-refractivity contribution >= 4 is 0 Å². The average molecular weight is 290 g/mol. The van der Waals surface area contributed by atoms with Crippen molar-refractivity contribution in [3.8, 4) is 12.1 Å². The lowest BCUT2D eigenvalue weighted by Crippen LogP contribution is -1.94. The monoisotopic (exact) mass is 290 g/mol. The summed E-state index contributed by atoms with van der Waals surface area (Å²) in [6.45, 7) is 0. The quantitative estimate of drug-likeness (QED) is 0.324. The van der Waals surface area contributed by atoms with E-state index in [4.69, 9.17) is 15.3 Å². The van der Waals surface area contributed by atoms with Crippen LogP contribution in [0.4, 0.5) is 0 Å². The van der Waals surface area contributed by atoms with Crippen molar-refractivity contribution in [1.29, 1.82) is 10.5 Å². The molecule has 2 unspecified atom stereocenters. The van der Waals surface area contributed by atoms with Gasteiger partial charge in [-0.25, -0.2) is 0 Å². The van der Waals surface area contributed by atoms with E-state index < -0.39 is 0 Å². The van der Waals surface area contributed by atoms with E-state index in [0.717, 1.165) is 12.8 Å². The molecule has 2 atom stereocenters. The summed E-state index contributed by atoms with van der Waals surface area (Å²) in [5.74, 6) is 0. The van der Waals surface area contributed by atoms with E-state index in [9.17, 15) is 0 Å². The molecule has 1 heterocycles. The number of hydrogen-bond acceptors (Lipinski definition) is 3. The second kappa shape index (κ2) is 12.7. The Morgan fingerprint density at radius 1 is 0.571 bits per heavy atom. The van der Waals surface area contributed by atoms with Crippen LogP contribution in [0.1, 0.15) is 89.9 Å². The van der Waals surface area contributed by atoms with Gasteiger partial charge in [-0.2, -0.15) is 10.5 Å². The van der Waals surface area contributed by atoms with E-state index in [2.05, 4.69) is 12.1 Å². The number of nitrogens with zero attached hydrogens (tertiary/aromatic N) is 2. The Balaban J connectivity index is 1.76. The minimum absolute atomic E-state index is 0.544. The molecule has 0 radical (unpaired) electrons. The van der Waals surface area contributed by atoms with Gasteiger partial charge in [0.25, 0.3) is 0 Å². The summed E-state index contributed by atoms with van der Waals surface area (Å²) in [4.78, 5) is 0. The number of nitriles is 2. The Morgan fingerprint density at radius 3 is 1.38 bits per heavy atom. The molecule has 0 aromatic rings. The molecule has 0 N–H and O–H groups in total. The predicted octanol–water partition coefficient (Wildman–Crippen LogP) is 5.26. The van der Waals surface area contributed by atoms with Crippen LogP contribution in [-0.4, -0.2) is 12.2 Å². The average Bonchev–Trinajstić information content (AvgIpc) is 3.24. The van der Waals surface area contributed by atoms with E-state index in [1.807, 2.05) is 0 Å². The zero-order chi connectivity index (χ0) is 15.2. The number of rotatable bonds is 14. The Hall–Kier alpha value is -1.06. The van der Waals surface area contributed by atoms with Crippen LogP contribution < -0.4 is 0 Å². The van der Waals surface area contributed by atoms with Crippen LogP contribution >= 0.6 is 0 Å². The van der Waals surface area contributed by atoms with Crippen LogP contribution in [0.3, 0.4) is 0 Å². The van der Waals surface area contributed by atoms with E-state index in [1.165, 1.54) is 64.2 Å². The van der Waals surface area contributed by atoms with Crippen molar-refractivity contribution in [3.63, 3.8) is 0 Å². The van der Waals surface area contributed by atoms with Crippen LogP contribution in [0.5, 0.6) is 0 Å². The van der Waals surface area contributed by atoms with Gasteiger partial charge in [-0.1, -0.05) is 51.4 Å². The zero-order valence-corrected chi connectivity index (χ0v) is 13.4. The fraction of sp³-hybridized carbons (Fsp3) is 0.889. The summed E-state index contributed by atoms with van der Waals surface area (Å²) in [6.07, 6.45) is 17.2. The van der Waals surface area contributed by atoms with E-state index in [1.54, 1.807) is 0 Å². The van der Waals surface area contributed by atoms with Gasteiger partial charge in [0.2, 0.25) is 0 Å². The lowest BCUT2D eigenvalue weighted by atomic mass is 10.0. The van der Waals surface area contributed by atoms with Gasteiger partial charge in [0.1, 0.15) is 0 Å². The van der Waals surface area contributed by atoms with Gasteiger partial charge < -0.3 is 4.74 Å². The number of unbranched alkanes of at least 4 members (excludes halogenated alkanes) is 10. The molecular weight excluding hydrogens is 260 g/mol. The Bertz CT molecular complexity index is 297. The fourth-order valence-corrected chi connectivity index (χ4v) is 2.85. The Morgan fingerprint density at radius 2 is 0.952 bits per heavy atom. The highest BCUT2D eigenvalue weighted by Crippen LogP contribution is 2.31. The van der Waals surface area contributed by atoms with Crippen LogP contribution in [0.25, 0.3) is 0 Å². The molecule has 1 saturated heterocycles. The zero-order valence-electron chi connectivity index (χ0n) is 13.4. The molecule has 1 fully saturated rings. The van der Waals surface area contributed by atoms with Crippen LogP contribution in [0, 0.1) is 22.7 Å². The summed E-state index contributed by atoms with van der Waals surface area (Å²) in [5, 5.41) is 16.9. The second-order valence-electron chi connectivity index (χ2n) is 6.14. The second-order valence-corrected chi connectivity index (χ2v) is 6.14. The maximum absolute atomic E-state index is 8.44. The number of epoxide rings is 1. The number of ether oxygens (including phenoxy) is 1. The van der Waals surface area contributed by atoms with Gasteiger partial charge in [-0.3, -0.25) is 0 Å². The lowest BCUT2D eigenvalue weighted by molar-refractivity contribution is 0.347. The molecule has 1 aliphatic rings. The summed E-state index contributed by atoms with van der Waals surface area (Å²) in [5.41, 5.74) is 0. The van der Waals surface area contributed by atoms with Gasteiger partial charge in [0.05, 0.1) is 24.3 Å². The third-order valence-electron chi connectivity index (χ3n) is 4.24. The fourth-order valence-electron chi connectivity index (χ4n) is 2.85. The highest BCUT2D eigenvalue weighted by Gasteiger charge is 2.36. The van der Waals surface area contributed by atoms with Crippen molar-refractivity contribution in [1.82, 2.24) is 0 Å². The minimum atomic E-state index is 0.544. The normalized spacial score (nSPS) is 19.9. The third-order valence-corrected chi connectivity index (χ3v) is 4.24. The molecule has 0 saturated carbocycles. The van der Waals surface area contributed by atoms with E-state index in [0.29, 0.717) is 25.0 Å². The maximum atomic E-state index is 8.44. The maximum Gasteiger partial charge on any atom is 0.0841 e. The highest BCUT2D eigenvalue weighted by molar-refractivity contribution is 4.84. The van der Waals surface area contributed by atoms with Crippen molar-refractivity contribution in [2.45, 2.75) is 102 Å². The van der Waals surface area contributed by atoms with Crippen molar-refractivity contribution in [2.75, 3.05) is 0 Å². The topological polar surface area (TPSA) is 60.1 Å². The first-order valence-electron chi connectivity index (χ1n) is 8.78.